The van der Waals surface area contributed by atoms with Gasteiger partial charge < -0.3 is 10.2 Å². The summed E-state index contributed by atoms with van der Waals surface area (Å²) in [6, 6.07) is 0.693. The topological polar surface area (TPSA) is 28.2 Å². The van der Waals surface area contributed by atoms with Crippen LogP contribution in [0.2, 0.25) is 0 Å². The van der Waals surface area contributed by atoms with E-state index < -0.39 is 0 Å². The van der Waals surface area contributed by atoms with Crippen LogP contribution < -0.4 is 10.2 Å². The third-order valence-corrected chi connectivity index (χ3v) is 5.09. The van der Waals surface area contributed by atoms with Gasteiger partial charge in [-0.2, -0.15) is 0 Å². The van der Waals surface area contributed by atoms with E-state index in [9.17, 15) is 0 Å². The van der Waals surface area contributed by atoms with Crippen molar-refractivity contribution >= 4 is 16.5 Å². The minimum absolute atomic E-state index is 0.693. The summed E-state index contributed by atoms with van der Waals surface area (Å²) in [6.45, 7) is 6.54. The molecule has 2 rings (SSSR count). The molecule has 1 aliphatic carbocycles. The third kappa shape index (κ3) is 4.18. The van der Waals surface area contributed by atoms with E-state index in [1.165, 1.54) is 42.9 Å². The second kappa shape index (κ2) is 7.25. The summed E-state index contributed by atoms with van der Waals surface area (Å²) in [5.74, 6) is 0.912. The Labute approximate surface area is 121 Å². The van der Waals surface area contributed by atoms with Crippen molar-refractivity contribution in [3.63, 3.8) is 0 Å². The Morgan fingerprint density at radius 2 is 2.11 bits per heavy atom. The van der Waals surface area contributed by atoms with E-state index in [1.54, 1.807) is 11.3 Å². The molecular weight excluding hydrogens is 254 g/mol. The zero-order valence-electron chi connectivity index (χ0n) is 12.5. The fourth-order valence-electron chi connectivity index (χ4n) is 2.72. The number of nitrogens with zero attached hydrogens (tertiary/aromatic N) is 2. The molecule has 0 unspecified atom stereocenters. The van der Waals surface area contributed by atoms with Crippen molar-refractivity contribution in [2.75, 3.05) is 18.5 Å². The first kappa shape index (κ1) is 14.8. The lowest BCUT2D eigenvalue weighted by Crippen LogP contribution is -2.34. The van der Waals surface area contributed by atoms with E-state index in [0.717, 1.165) is 19.0 Å². The fourth-order valence-corrected chi connectivity index (χ4v) is 3.58. The van der Waals surface area contributed by atoms with E-state index >= 15 is 0 Å². The van der Waals surface area contributed by atoms with Crippen molar-refractivity contribution in [3.05, 3.63) is 11.1 Å². The van der Waals surface area contributed by atoms with E-state index in [4.69, 9.17) is 4.98 Å². The largest absolute Gasteiger partial charge is 0.348 e. The number of anilines is 1. The second-order valence-electron chi connectivity index (χ2n) is 5.82. The van der Waals surface area contributed by atoms with Crippen molar-refractivity contribution in [2.45, 2.75) is 58.5 Å². The number of thiazole rings is 1. The fraction of sp³-hybridized carbons (Fsp3) is 0.800. The van der Waals surface area contributed by atoms with Gasteiger partial charge in [0.2, 0.25) is 0 Å². The molecule has 0 aliphatic heterocycles. The Balaban J connectivity index is 1.86. The minimum atomic E-state index is 0.693. The van der Waals surface area contributed by atoms with Crippen LogP contribution in [0.1, 0.15) is 51.6 Å². The molecule has 1 N–H and O–H groups in total. The Bertz CT molecular complexity index is 369. The highest BCUT2D eigenvalue weighted by Gasteiger charge is 2.23. The Morgan fingerprint density at radius 1 is 1.37 bits per heavy atom. The first-order valence-electron chi connectivity index (χ1n) is 7.58. The van der Waals surface area contributed by atoms with Crippen molar-refractivity contribution < 1.29 is 0 Å². The maximum absolute atomic E-state index is 4.76. The van der Waals surface area contributed by atoms with Crippen LogP contribution in [-0.2, 0) is 6.54 Å². The SMILES string of the molecule is CCCNCc1csc(N(C)C2CCC(C)CC2)n1. The zero-order valence-corrected chi connectivity index (χ0v) is 13.3. The highest BCUT2D eigenvalue weighted by Crippen LogP contribution is 2.30. The maximum atomic E-state index is 4.76. The van der Waals surface area contributed by atoms with Gasteiger partial charge in [-0.25, -0.2) is 4.98 Å². The molecule has 1 aromatic rings. The van der Waals surface area contributed by atoms with Gasteiger partial charge in [-0.15, -0.1) is 11.3 Å². The van der Waals surface area contributed by atoms with Gasteiger partial charge in [0.25, 0.3) is 0 Å². The number of aromatic nitrogens is 1. The van der Waals surface area contributed by atoms with Crippen LogP contribution in [0.3, 0.4) is 0 Å². The van der Waals surface area contributed by atoms with Crippen LogP contribution in [0.25, 0.3) is 0 Å². The molecule has 3 nitrogen and oxygen atoms in total. The van der Waals surface area contributed by atoms with Gasteiger partial charge in [-0.1, -0.05) is 13.8 Å². The maximum Gasteiger partial charge on any atom is 0.185 e. The summed E-state index contributed by atoms with van der Waals surface area (Å²) in [5, 5.41) is 6.80. The van der Waals surface area contributed by atoms with Crippen molar-refractivity contribution in [1.29, 1.82) is 0 Å². The number of rotatable bonds is 6. The molecule has 0 amide bonds. The monoisotopic (exact) mass is 281 g/mol. The average molecular weight is 281 g/mol. The summed E-state index contributed by atoms with van der Waals surface area (Å²) >= 11 is 1.78. The van der Waals surface area contributed by atoms with Crippen molar-refractivity contribution in [1.82, 2.24) is 10.3 Å². The molecule has 4 heteroatoms. The zero-order chi connectivity index (χ0) is 13.7. The van der Waals surface area contributed by atoms with Gasteiger partial charge in [0, 0.05) is 25.0 Å². The quantitative estimate of drug-likeness (QED) is 0.807. The molecule has 0 saturated heterocycles. The first-order valence-corrected chi connectivity index (χ1v) is 8.46. The predicted octanol–water partition coefficient (Wildman–Crippen LogP) is 3.66. The molecule has 1 aliphatic rings. The first-order chi connectivity index (χ1) is 9.20. The summed E-state index contributed by atoms with van der Waals surface area (Å²) in [6.07, 6.45) is 6.55. The molecule has 0 atom stereocenters. The van der Waals surface area contributed by atoms with E-state index in [2.05, 4.69) is 36.5 Å². The average Bonchev–Trinajstić information content (AvgIpc) is 2.88. The Morgan fingerprint density at radius 3 is 2.79 bits per heavy atom. The van der Waals surface area contributed by atoms with Gasteiger partial charge in [0.15, 0.2) is 5.13 Å². The lowest BCUT2D eigenvalue weighted by atomic mass is 9.87. The van der Waals surface area contributed by atoms with E-state index in [0.29, 0.717) is 6.04 Å². The highest BCUT2D eigenvalue weighted by molar-refractivity contribution is 7.13. The molecule has 0 bridgehead atoms. The lowest BCUT2D eigenvalue weighted by molar-refractivity contribution is 0.340. The molecule has 1 fully saturated rings. The minimum Gasteiger partial charge on any atom is -0.348 e. The summed E-state index contributed by atoms with van der Waals surface area (Å²) in [7, 11) is 2.21. The molecule has 1 aromatic heterocycles. The van der Waals surface area contributed by atoms with Gasteiger partial charge in [-0.3, -0.25) is 0 Å². The Kier molecular flexibility index (Phi) is 5.64. The van der Waals surface area contributed by atoms with Crippen LogP contribution in [-0.4, -0.2) is 24.6 Å². The Hall–Kier alpha value is -0.610. The molecule has 0 spiro atoms. The van der Waals surface area contributed by atoms with Crippen molar-refractivity contribution in [2.24, 2.45) is 5.92 Å². The number of hydrogen-bond acceptors (Lipinski definition) is 4. The van der Waals surface area contributed by atoms with Crippen LogP contribution in [0, 0.1) is 5.92 Å². The van der Waals surface area contributed by atoms with Gasteiger partial charge in [0.1, 0.15) is 0 Å². The normalized spacial score (nSPS) is 23.5. The second-order valence-corrected chi connectivity index (χ2v) is 6.66. The smallest absolute Gasteiger partial charge is 0.185 e. The number of nitrogens with one attached hydrogen (secondary N) is 1. The molecule has 1 heterocycles. The standard InChI is InChI=1S/C15H27N3S/c1-4-9-16-10-13-11-19-15(17-13)18(3)14-7-5-12(2)6-8-14/h11-12,14,16H,4-10H2,1-3H3. The van der Waals surface area contributed by atoms with Crippen LogP contribution in [0.5, 0.6) is 0 Å². The van der Waals surface area contributed by atoms with Crippen LogP contribution in [0.4, 0.5) is 5.13 Å². The summed E-state index contributed by atoms with van der Waals surface area (Å²) in [4.78, 5) is 7.16. The van der Waals surface area contributed by atoms with Gasteiger partial charge in [-0.05, 0) is 44.6 Å². The lowest BCUT2D eigenvalue weighted by Gasteiger charge is -2.33. The summed E-state index contributed by atoms with van der Waals surface area (Å²) in [5.41, 5.74) is 1.18. The highest BCUT2D eigenvalue weighted by atomic mass is 32.1. The third-order valence-electron chi connectivity index (χ3n) is 4.11. The van der Waals surface area contributed by atoms with E-state index in [1.807, 2.05) is 0 Å². The van der Waals surface area contributed by atoms with Gasteiger partial charge in [0.05, 0.1) is 5.69 Å². The molecule has 0 aromatic carbocycles. The molecule has 1 saturated carbocycles. The molecule has 19 heavy (non-hydrogen) atoms. The molecule has 108 valence electrons. The molecular formula is C15H27N3S. The number of hydrogen-bond donors (Lipinski definition) is 1. The summed E-state index contributed by atoms with van der Waals surface area (Å²) < 4.78 is 0. The predicted molar refractivity (Wildman–Crippen MR) is 83.9 cm³/mol. The van der Waals surface area contributed by atoms with Crippen LogP contribution >= 0.6 is 11.3 Å². The van der Waals surface area contributed by atoms with E-state index in [-0.39, 0.29) is 0 Å². The van der Waals surface area contributed by atoms with Gasteiger partial charge >= 0.3 is 0 Å². The van der Waals surface area contributed by atoms with Crippen molar-refractivity contribution in [3.8, 4) is 0 Å². The van der Waals surface area contributed by atoms with Crippen LogP contribution in [0.15, 0.2) is 5.38 Å². The molecule has 0 radical (unpaired) electrons.